The van der Waals surface area contributed by atoms with E-state index >= 15 is 0 Å². The number of oxazole rings is 1. The number of phenols is 1. The van der Waals surface area contributed by atoms with Gasteiger partial charge in [0.05, 0.1) is 15.6 Å². The van der Waals surface area contributed by atoms with E-state index in [9.17, 15) is 9.90 Å². The number of hydrogen-bond acceptors (Lipinski definition) is 6. The topological polar surface area (TPSA) is 101 Å². The Labute approximate surface area is 232 Å². The van der Waals surface area contributed by atoms with Gasteiger partial charge >= 0.3 is 0 Å². The van der Waals surface area contributed by atoms with Gasteiger partial charge in [-0.15, -0.1) is 0 Å². The summed E-state index contributed by atoms with van der Waals surface area (Å²) in [6.45, 7) is 1.96. The molecule has 0 atom stereocenters. The van der Waals surface area contributed by atoms with Crippen LogP contribution in [0.1, 0.15) is 11.3 Å². The van der Waals surface area contributed by atoms with Crippen LogP contribution in [0.15, 0.2) is 81.6 Å². The number of rotatable bonds is 5. The number of carbonyl (C=O) groups excluding carboxylic acids is 1. The number of amides is 1. The predicted molar refractivity (Wildman–Crippen MR) is 153 cm³/mol. The highest BCUT2D eigenvalue weighted by Gasteiger charge is 2.14. The van der Waals surface area contributed by atoms with Crippen LogP contribution in [0.4, 0.5) is 5.69 Å². The second-order valence-electron chi connectivity index (χ2n) is 8.30. The molecule has 0 aliphatic heterocycles. The van der Waals surface area contributed by atoms with Crippen LogP contribution >= 0.6 is 35.4 Å². The molecule has 38 heavy (non-hydrogen) atoms. The predicted octanol–water partition coefficient (Wildman–Crippen LogP) is 7.60. The van der Waals surface area contributed by atoms with Crippen molar-refractivity contribution in [3.63, 3.8) is 0 Å². The van der Waals surface area contributed by atoms with E-state index in [0.29, 0.717) is 49.5 Å². The lowest BCUT2D eigenvalue weighted by molar-refractivity contribution is -0.115. The highest BCUT2D eigenvalue weighted by molar-refractivity contribution is 7.80. The molecule has 2 heterocycles. The van der Waals surface area contributed by atoms with Crippen molar-refractivity contribution in [3.05, 3.63) is 94.2 Å². The Kier molecular flexibility index (Phi) is 7.20. The third kappa shape index (κ3) is 5.57. The first kappa shape index (κ1) is 25.5. The van der Waals surface area contributed by atoms with E-state index in [4.69, 9.17) is 44.3 Å². The minimum absolute atomic E-state index is 0.00593. The molecule has 3 N–H and O–H groups in total. The van der Waals surface area contributed by atoms with Crippen LogP contribution in [0.5, 0.6) is 5.75 Å². The third-order valence-electron chi connectivity index (χ3n) is 5.51. The number of carbonyl (C=O) groups is 1. The maximum Gasteiger partial charge on any atom is 0.250 e. The zero-order chi connectivity index (χ0) is 26.8. The third-order valence-corrected chi connectivity index (χ3v) is 6.53. The van der Waals surface area contributed by atoms with Crippen molar-refractivity contribution in [2.75, 3.05) is 5.32 Å². The number of nitrogens with zero attached hydrogens (tertiary/aromatic N) is 1. The fourth-order valence-corrected chi connectivity index (χ4v) is 4.30. The molecule has 0 saturated carbocycles. The Bertz CT molecular complexity index is 1720. The maximum atomic E-state index is 12.4. The molecule has 3 aromatic carbocycles. The number of fused-ring (bicyclic) bond motifs is 1. The van der Waals surface area contributed by atoms with Crippen molar-refractivity contribution in [1.82, 2.24) is 10.3 Å². The summed E-state index contributed by atoms with van der Waals surface area (Å²) in [7, 11) is 0. The van der Waals surface area contributed by atoms with Crippen molar-refractivity contribution in [1.29, 1.82) is 0 Å². The summed E-state index contributed by atoms with van der Waals surface area (Å²) in [6, 6.07) is 19.1. The molecule has 0 fully saturated rings. The zero-order valence-electron chi connectivity index (χ0n) is 19.8. The first-order valence-corrected chi connectivity index (χ1v) is 12.5. The first-order chi connectivity index (χ1) is 18.3. The Morgan fingerprint density at radius 2 is 1.87 bits per heavy atom. The van der Waals surface area contributed by atoms with Gasteiger partial charge in [-0.05, 0) is 85.4 Å². The summed E-state index contributed by atoms with van der Waals surface area (Å²) in [4.78, 5) is 16.9. The fourth-order valence-electron chi connectivity index (χ4n) is 3.69. The molecule has 0 aliphatic rings. The summed E-state index contributed by atoms with van der Waals surface area (Å²) in [5, 5.41) is 16.7. The molecule has 0 radical (unpaired) electrons. The quantitative estimate of drug-likeness (QED) is 0.115. The lowest BCUT2D eigenvalue weighted by Crippen LogP contribution is -2.32. The standard InChI is InChI=1S/C28H19Cl2N3O4S/c1-15-5-10-24-21(13-15)32-27(37-24)19-14-16(6-9-22(19)34)31-28(38)33-25(35)12-8-17-7-11-23(36-17)18-3-2-4-20(29)26(18)30/h2-14,34H,1H3,(H2,31,33,35,38). The van der Waals surface area contributed by atoms with Gasteiger partial charge in [0, 0.05) is 17.3 Å². The number of anilines is 1. The van der Waals surface area contributed by atoms with E-state index in [1.54, 1.807) is 42.5 Å². The Balaban J connectivity index is 1.24. The van der Waals surface area contributed by atoms with Gasteiger partial charge in [0.1, 0.15) is 22.8 Å². The number of benzene rings is 3. The molecule has 190 valence electrons. The van der Waals surface area contributed by atoms with Gasteiger partial charge in [0.25, 0.3) is 0 Å². The van der Waals surface area contributed by atoms with Crippen LogP contribution < -0.4 is 10.6 Å². The molecule has 2 aromatic heterocycles. The summed E-state index contributed by atoms with van der Waals surface area (Å²) in [6.07, 6.45) is 2.80. The minimum Gasteiger partial charge on any atom is -0.507 e. The number of halogens is 2. The number of aromatic hydroxyl groups is 1. The largest absolute Gasteiger partial charge is 0.507 e. The normalized spacial score (nSPS) is 11.2. The molecule has 0 aliphatic carbocycles. The van der Waals surface area contributed by atoms with Crippen LogP contribution in [0.2, 0.25) is 10.0 Å². The number of furan rings is 1. The van der Waals surface area contributed by atoms with Gasteiger partial charge in [-0.1, -0.05) is 35.3 Å². The summed E-state index contributed by atoms with van der Waals surface area (Å²) >= 11 is 17.6. The highest BCUT2D eigenvalue weighted by Crippen LogP contribution is 2.35. The van der Waals surface area contributed by atoms with Gasteiger partial charge in [-0.3, -0.25) is 10.1 Å². The molecule has 0 unspecified atom stereocenters. The van der Waals surface area contributed by atoms with Gasteiger partial charge in [-0.2, -0.15) is 0 Å². The minimum atomic E-state index is -0.463. The van der Waals surface area contributed by atoms with Crippen molar-refractivity contribution in [3.8, 4) is 28.5 Å². The van der Waals surface area contributed by atoms with Crippen molar-refractivity contribution in [2.24, 2.45) is 0 Å². The van der Waals surface area contributed by atoms with E-state index in [-0.39, 0.29) is 16.8 Å². The van der Waals surface area contributed by atoms with Crippen LogP contribution in [0.25, 0.3) is 40.0 Å². The zero-order valence-corrected chi connectivity index (χ0v) is 22.1. The van der Waals surface area contributed by atoms with Gasteiger partial charge in [0.15, 0.2) is 10.7 Å². The average Bonchev–Trinajstić information content (AvgIpc) is 3.52. The highest BCUT2D eigenvalue weighted by atomic mass is 35.5. The van der Waals surface area contributed by atoms with E-state index < -0.39 is 5.91 Å². The van der Waals surface area contributed by atoms with E-state index in [2.05, 4.69) is 15.6 Å². The number of thiocarbonyl (C=S) groups is 1. The van der Waals surface area contributed by atoms with E-state index in [0.717, 1.165) is 5.56 Å². The Morgan fingerprint density at radius 3 is 2.71 bits per heavy atom. The maximum absolute atomic E-state index is 12.4. The molecule has 0 bridgehead atoms. The number of aromatic nitrogens is 1. The second-order valence-corrected chi connectivity index (χ2v) is 9.50. The Morgan fingerprint density at radius 1 is 1.03 bits per heavy atom. The molecule has 1 amide bonds. The number of phenolic OH excluding ortho intramolecular Hbond substituents is 1. The molecule has 5 rings (SSSR count). The smallest absolute Gasteiger partial charge is 0.250 e. The molecular formula is C28H19Cl2N3O4S. The summed E-state index contributed by atoms with van der Waals surface area (Å²) < 4.78 is 11.6. The van der Waals surface area contributed by atoms with Gasteiger partial charge in [0.2, 0.25) is 11.8 Å². The molecule has 0 spiro atoms. The summed E-state index contributed by atoms with van der Waals surface area (Å²) in [5.74, 6) is 0.762. The van der Waals surface area contributed by atoms with Gasteiger partial charge in [-0.25, -0.2) is 4.98 Å². The first-order valence-electron chi connectivity index (χ1n) is 11.3. The van der Waals surface area contributed by atoms with Crippen molar-refractivity contribution in [2.45, 2.75) is 6.92 Å². The van der Waals surface area contributed by atoms with Crippen molar-refractivity contribution < 1.29 is 18.7 Å². The number of nitrogens with one attached hydrogen (secondary N) is 2. The lowest BCUT2D eigenvalue weighted by Gasteiger charge is -2.10. The second kappa shape index (κ2) is 10.7. The fraction of sp³-hybridized carbons (Fsp3) is 0.0357. The molecule has 0 saturated heterocycles. The van der Waals surface area contributed by atoms with Crippen LogP contribution in [-0.4, -0.2) is 21.1 Å². The van der Waals surface area contributed by atoms with E-state index in [1.807, 2.05) is 25.1 Å². The molecular weight excluding hydrogens is 545 g/mol. The number of hydrogen-bond donors (Lipinski definition) is 3. The Hall–Kier alpha value is -4.11. The average molecular weight is 564 g/mol. The summed E-state index contributed by atoms with van der Waals surface area (Å²) in [5.41, 5.74) is 3.90. The monoisotopic (exact) mass is 563 g/mol. The van der Waals surface area contributed by atoms with Crippen molar-refractivity contribution >= 4 is 69.3 Å². The molecule has 7 nitrogen and oxygen atoms in total. The molecule has 10 heteroatoms. The molecule has 5 aromatic rings. The van der Waals surface area contributed by atoms with Crippen LogP contribution in [0.3, 0.4) is 0 Å². The number of aryl methyl sites for hydroxylation is 1. The van der Waals surface area contributed by atoms with Crippen LogP contribution in [0, 0.1) is 6.92 Å². The van der Waals surface area contributed by atoms with Gasteiger partial charge < -0.3 is 19.3 Å². The lowest BCUT2D eigenvalue weighted by atomic mass is 10.1. The SMILES string of the molecule is Cc1ccc2oc(-c3cc(NC(=S)NC(=O)C=Cc4ccc(-c5cccc(Cl)c5Cl)o4)ccc3O)nc2c1. The van der Waals surface area contributed by atoms with E-state index in [1.165, 1.54) is 18.2 Å². The van der Waals surface area contributed by atoms with Crippen LogP contribution in [-0.2, 0) is 4.79 Å².